The Morgan fingerprint density at radius 1 is 1.19 bits per heavy atom. The molecule has 4 heteroatoms. The van der Waals surface area contributed by atoms with Crippen molar-refractivity contribution in [2.24, 2.45) is 5.73 Å². The van der Waals surface area contributed by atoms with Crippen LogP contribution in [0.25, 0.3) is 0 Å². The van der Waals surface area contributed by atoms with Crippen molar-refractivity contribution in [1.82, 2.24) is 9.78 Å². The van der Waals surface area contributed by atoms with E-state index in [1.54, 1.807) is 6.07 Å². The second-order valence-corrected chi connectivity index (χ2v) is 7.19. The van der Waals surface area contributed by atoms with Gasteiger partial charge in [0.1, 0.15) is 5.82 Å². The third-order valence-corrected chi connectivity index (χ3v) is 3.41. The van der Waals surface area contributed by atoms with Crippen molar-refractivity contribution in [3.63, 3.8) is 0 Å². The van der Waals surface area contributed by atoms with E-state index in [1.807, 2.05) is 30.8 Å². The van der Waals surface area contributed by atoms with Crippen LogP contribution in [-0.2, 0) is 17.5 Å². The summed E-state index contributed by atoms with van der Waals surface area (Å²) in [5.41, 5.74) is 8.62. The molecule has 0 unspecified atom stereocenters. The molecule has 0 aliphatic carbocycles. The SMILES string of the molecule is CC(C)(C)c1cn(Cc2cccc(F)c2)nc1C(C)(C)N. The van der Waals surface area contributed by atoms with Gasteiger partial charge in [0.05, 0.1) is 17.8 Å². The summed E-state index contributed by atoms with van der Waals surface area (Å²) in [4.78, 5) is 0. The van der Waals surface area contributed by atoms with Gasteiger partial charge >= 0.3 is 0 Å². The molecule has 114 valence electrons. The smallest absolute Gasteiger partial charge is 0.123 e. The molecule has 3 nitrogen and oxygen atoms in total. The number of nitrogens with two attached hydrogens (primary N) is 1. The molecule has 0 atom stereocenters. The predicted octanol–water partition coefficient (Wildman–Crippen LogP) is 3.56. The van der Waals surface area contributed by atoms with Gasteiger partial charge in [-0.2, -0.15) is 5.10 Å². The van der Waals surface area contributed by atoms with Crippen LogP contribution < -0.4 is 5.73 Å². The number of benzene rings is 1. The first-order valence-electron chi connectivity index (χ1n) is 7.19. The number of hydrogen-bond donors (Lipinski definition) is 1. The molecule has 0 bridgehead atoms. The van der Waals surface area contributed by atoms with E-state index in [4.69, 9.17) is 5.73 Å². The summed E-state index contributed by atoms with van der Waals surface area (Å²) in [5.74, 6) is -0.227. The fourth-order valence-electron chi connectivity index (χ4n) is 2.35. The Morgan fingerprint density at radius 2 is 1.86 bits per heavy atom. The van der Waals surface area contributed by atoms with Gasteiger partial charge < -0.3 is 5.73 Å². The molecule has 21 heavy (non-hydrogen) atoms. The lowest BCUT2D eigenvalue weighted by Gasteiger charge is -2.24. The maximum atomic E-state index is 13.3. The van der Waals surface area contributed by atoms with E-state index in [0.717, 1.165) is 16.8 Å². The van der Waals surface area contributed by atoms with Crippen molar-refractivity contribution in [2.75, 3.05) is 0 Å². The standard InChI is InChI=1S/C17H24FN3/c1-16(2,3)14-11-21(20-15(14)17(4,5)19)10-12-7-6-8-13(18)9-12/h6-9,11H,10,19H2,1-5H3. The summed E-state index contributed by atoms with van der Waals surface area (Å²) in [5, 5.41) is 4.64. The molecule has 0 saturated heterocycles. The molecule has 1 aromatic heterocycles. The highest BCUT2D eigenvalue weighted by Gasteiger charge is 2.29. The minimum atomic E-state index is -0.504. The number of halogens is 1. The molecular weight excluding hydrogens is 265 g/mol. The zero-order chi connectivity index (χ0) is 15.8. The Hall–Kier alpha value is -1.68. The van der Waals surface area contributed by atoms with Gasteiger partial charge in [0.25, 0.3) is 0 Å². The summed E-state index contributed by atoms with van der Waals surface area (Å²) in [7, 11) is 0. The van der Waals surface area contributed by atoms with Crippen molar-refractivity contribution >= 4 is 0 Å². The van der Waals surface area contributed by atoms with Gasteiger partial charge in [0, 0.05) is 11.8 Å². The molecule has 2 rings (SSSR count). The summed E-state index contributed by atoms with van der Waals surface area (Å²) in [6.45, 7) is 10.9. The largest absolute Gasteiger partial charge is 0.321 e. The molecule has 0 radical (unpaired) electrons. The lowest BCUT2D eigenvalue weighted by molar-refractivity contribution is 0.493. The lowest BCUT2D eigenvalue weighted by atomic mass is 9.83. The van der Waals surface area contributed by atoms with Crippen LogP contribution in [0.5, 0.6) is 0 Å². The van der Waals surface area contributed by atoms with Gasteiger partial charge in [0.2, 0.25) is 0 Å². The van der Waals surface area contributed by atoms with Crippen molar-refractivity contribution < 1.29 is 4.39 Å². The van der Waals surface area contributed by atoms with Crippen LogP contribution in [0.3, 0.4) is 0 Å². The van der Waals surface area contributed by atoms with Crippen molar-refractivity contribution in [1.29, 1.82) is 0 Å². The third-order valence-electron chi connectivity index (χ3n) is 3.41. The molecule has 0 spiro atoms. The Kier molecular flexibility index (Phi) is 3.93. The molecule has 2 N–H and O–H groups in total. The van der Waals surface area contributed by atoms with Gasteiger partial charge in [-0.15, -0.1) is 0 Å². The molecule has 0 fully saturated rings. The first kappa shape index (κ1) is 15.7. The Labute approximate surface area is 126 Å². The Morgan fingerprint density at radius 3 is 2.33 bits per heavy atom. The first-order valence-corrected chi connectivity index (χ1v) is 7.19. The van der Waals surface area contributed by atoms with Crippen molar-refractivity contribution in [2.45, 2.75) is 52.1 Å². The summed E-state index contributed by atoms with van der Waals surface area (Å²) in [6.07, 6.45) is 2.02. The lowest BCUT2D eigenvalue weighted by Crippen LogP contribution is -2.32. The van der Waals surface area contributed by atoms with Crippen LogP contribution in [0.4, 0.5) is 4.39 Å². The van der Waals surface area contributed by atoms with E-state index in [0.29, 0.717) is 6.54 Å². The maximum Gasteiger partial charge on any atom is 0.123 e. The summed E-state index contributed by atoms with van der Waals surface area (Å²) in [6, 6.07) is 6.59. The highest BCUT2D eigenvalue weighted by atomic mass is 19.1. The van der Waals surface area contributed by atoms with Crippen molar-refractivity contribution in [3.05, 3.63) is 53.1 Å². The maximum absolute atomic E-state index is 13.3. The van der Waals surface area contributed by atoms with Crippen molar-refractivity contribution in [3.8, 4) is 0 Å². The normalized spacial score (nSPS) is 12.7. The average Bonchev–Trinajstić information content (AvgIpc) is 2.72. The van der Waals surface area contributed by atoms with Gasteiger partial charge in [0.15, 0.2) is 0 Å². The fraction of sp³-hybridized carbons (Fsp3) is 0.471. The molecule has 0 aliphatic rings. The monoisotopic (exact) mass is 289 g/mol. The van der Waals surface area contributed by atoms with Crippen LogP contribution in [0.15, 0.2) is 30.5 Å². The summed E-state index contributed by atoms with van der Waals surface area (Å²) >= 11 is 0. The van der Waals surface area contributed by atoms with Crippen LogP contribution in [-0.4, -0.2) is 9.78 Å². The molecule has 0 saturated carbocycles. The highest BCUT2D eigenvalue weighted by Crippen LogP contribution is 2.30. The van der Waals surface area contributed by atoms with Gasteiger partial charge in [-0.25, -0.2) is 4.39 Å². The predicted molar refractivity (Wildman–Crippen MR) is 83.6 cm³/mol. The van der Waals surface area contributed by atoms with E-state index in [-0.39, 0.29) is 11.2 Å². The van der Waals surface area contributed by atoms with Gasteiger partial charge in [-0.3, -0.25) is 4.68 Å². The van der Waals surface area contributed by atoms with E-state index in [1.165, 1.54) is 12.1 Å². The number of hydrogen-bond acceptors (Lipinski definition) is 2. The average molecular weight is 289 g/mol. The molecule has 0 amide bonds. The van der Waals surface area contributed by atoms with Crippen LogP contribution in [0.1, 0.15) is 51.4 Å². The number of nitrogens with zero attached hydrogens (tertiary/aromatic N) is 2. The Balaban J connectivity index is 2.40. The Bertz CT molecular complexity index is 599. The van der Waals surface area contributed by atoms with Gasteiger partial charge in [-0.05, 0) is 37.0 Å². The zero-order valence-electron chi connectivity index (χ0n) is 13.4. The fourth-order valence-corrected chi connectivity index (χ4v) is 2.35. The summed E-state index contributed by atoms with van der Waals surface area (Å²) < 4.78 is 15.1. The second kappa shape index (κ2) is 5.26. The molecular formula is C17H24FN3. The van der Waals surface area contributed by atoms with E-state index in [2.05, 4.69) is 25.9 Å². The molecule has 2 aromatic rings. The zero-order valence-corrected chi connectivity index (χ0v) is 13.4. The van der Waals surface area contributed by atoms with E-state index < -0.39 is 5.54 Å². The highest BCUT2D eigenvalue weighted by molar-refractivity contribution is 5.30. The van der Waals surface area contributed by atoms with Gasteiger partial charge in [-0.1, -0.05) is 32.9 Å². The minimum absolute atomic E-state index is 0.0356. The minimum Gasteiger partial charge on any atom is -0.321 e. The first-order chi connectivity index (χ1) is 9.57. The number of rotatable bonds is 3. The molecule has 0 aliphatic heterocycles. The third kappa shape index (κ3) is 3.70. The van der Waals surface area contributed by atoms with E-state index >= 15 is 0 Å². The molecule has 1 heterocycles. The quantitative estimate of drug-likeness (QED) is 0.939. The van der Waals surface area contributed by atoms with Crippen LogP contribution in [0.2, 0.25) is 0 Å². The second-order valence-electron chi connectivity index (χ2n) is 7.19. The number of aromatic nitrogens is 2. The van der Waals surface area contributed by atoms with Crippen LogP contribution >= 0.6 is 0 Å². The van der Waals surface area contributed by atoms with Crippen LogP contribution in [0, 0.1) is 5.82 Å². The topological polar surface area (TPSA) is 43.8 Å². The van der Waals surface area contributed by atoms with E-state index in [9.17, 15) is 4.39 Å². The molecule has 1 aromatic carbocycles.